The van der Waals surface area contributed by atoms with Gasteiger partial charge in [-0.15, -0.1) is 0 Å². The Morgan fingerprint density at radius 2 is 1.67 bits per heavy atom. The van der Waals surface area contributed by atoms with E-state index in [9.17, 15) is 9.59 Å². The molecule has 0 aliphatic heterocycles. The number of ether oxygens (including phenoxy) is 2. The molecule has 15 heavy (non-hydrogen) atoms. The number of carbonyl (C=O) groups excluding carboxylic acids is 2. The van der Waals surface area contributed by atoms with Crippen molar-refractivity contribution in [2.24, 2.45) is 5.92 Å². The maximum atomic E-state index is 11.3. The molecule has 0 aromatic carbocycles. The maximum Gasteiger partial charge on any atom is 0.412 e. The Morgan fingerprint density at radius 3 is 2.07 bits per heavy atom. The predicted octanol–water partition coefficient (Wildman–Crippen LogP) is 1.62. The van der Waals surface area contributed by atoms with Gasteiger partial charge in [0.1, 0.15) is 0 Å². The monoisotopic (exact) mass is 217 g/mol. The zero-order valence-corrected chi connectivity index (χ0v) is 9.78. The average molecular weight is 217 g/mol. The van der Waals surface area contributed by atoms with Gasteiger partial charge < -0.3 is 14.4 Å². The SMILES string of the molecule is CCN(CC)C(=O)OCOC(=O)C(C)C. The van der Waals surface area contributed by atoms with E-state index in [1.165, 1.54) is 4.90 Å². The highest BCUT2D eigenvalue weighted by atomic mass is 16.7. The molecule has 0 rings (SSSR count). The summed E-state index contributed by atoms with van der Waals surface area (Å²) in [5.41, 5.74) is 0. The Kier molecular flexibility index (Phi) is 6.49. The minimum Gasteiger partial charge on any atom is -0.428 e. The summed E-state index contributed by atoms with van der Waals surface area (Å²) in [6.45, 7) is 7.98. The van der Waals surface area contributed by atoms with Crippen molar-refractivity contribution in [1.82, 2.24) is 4.90 Å². The average Bonchev–Trinajstić information content (AvgIpc) is 2.19. The molecule has 5 heteroatoms. The van der Waals surface area contributed by atoms with Crippen LogP contribution in [0.3, 0.4) is 0 Å². The third-order valence-electron chi connectivity index (χ3n) is 1.88. The van der Waals surface area contributed by atoms with Crippen molar-refractivity contribution >= 4 is 12.1 Å². The molecule has 0 aliphatic carbocycles. The third-order valence-corrected chi connectivity index (χ3v) is 1.88. The molecular formula is C10H19NO4. The van der Waals surface area contributed by atoms with Crippen LogP contribution >= 0.6 is 0 Å². The molecule has 0 radical (unpaired) electrons. The Hall–Kier alpha value is -1.26. The second kappa shape index (κ2) is 7.09. The summed E-state index contributed by atoms with van der Waals surface area (Å²) in [4.78, 5) is 23.8. The van der Waals surface area contributed by atoms with E-state index in [1.54, 1.807) is 13.8 Å². The van der Waals surface area contributed by atoms with Gasteiger partial charge in [-0.25, -0.2) is 4.79 Å². The van der Waals surface area contributed by atoms with Crippen LogP contribution in [-0.2, 0) is 14.3 Å². The van der Waals surface area contributed by atoms with Gasteiger partial charge in [-0.05, 0) is 13.8 Å². The van der Waals surface area contributed by atoms with Crippen molar-refractivity contribution in [2.75, 3.05) is 19.9 Å². The first-order valence-corrected chi connectivity index (χ1v) is 5.11. The van der Waals surface area contributed by atoms with Crippen LogP contribution in [0.4, 0.5) is 4.79 Å². The second-order valence-corrected chi connectivity index (χ2v) is 3.32. The van der Waals surface area contributed by atoms with Crippen molar-refractivity contribution in [1.29, 1.82) is 0 Å². The molecular weight excluding hydrogens is 198 g/mol. The van der Waals surface area contributed by atoms with E-state index in [-0.39, 0.29) is 18.7 Å². The molecule has 0 aromatic rings. The fourth-order valence-corrected chi connectivity index (χ4v) is 0.878. The van der Waals surface area contributed by atoms with E-state index in [2.05, 4.69) is 0 Å². The summed E-state index contributed by atoms with van der Waals surface area (Å²) in [5.74, 6) is -0.584. The van der Waals surface area contributed by atoms with E-state index in [0.29, 0.717) is 13.1 Å². The molecule has 0 N–H and O–H groups in total. The molecule has 0 aromatic heterocycles. The highest BCUT2D eigenvalue weighted by molar-refractivity contribution is 5.72. The van der Waals surface area contributed by atoms with E-state index in [1.807, 2.05) is 13.8 Å². The van der Waals surface area contributed by atoms with Gasteiger partial charge in [-0.2, -0.15) is 0 Å². The first-order chi connectivity index (χ1) is 7.02. The van der Waals surface area contributed by atoms with Crippen molar-refractivity contribution in [3.8, 4) is 0 Å². The van der Waals surface area contributed by atoms with Gasteiger partial charge in [0.25, 0.3) is 0 Å². The maximum absolute atomic E-state index is 11.3. The third kappa shape index (κ3) is 5.24. The number of nitrogens with zero attached hydrogens (tertiary/aromatic N) is 1. The zero-order chi connectivity index (χ0) is 11.8. The number of rotatable bonds is 5. The predicted molar refractivity (Wildman–Crippen MR) is 55.2 cm³/mol. The van der Waals surface area contributed by atoms with Gasteiger partial charge in [0.2, 0.25) is 6.79 Å². The van der Waals surface area contributed by atoms with Gasteiger partial charge in [0.15, 0.2) is 0 Å². The van der Waals surface area contributed by atoms with E-state index >= 15 is 0 Å². The quantitative estimate of drug-likeness (QED) is 0.518. The Balaban J connectivity index is 3.76. The van der Waals surface area contributed by atoms with Crippen LogP contribution in [-0.4, -0.2) is 36.8 Å². The smallest absolute Gasteiger partial charge is 0.412 e. The summed E-state index contributed by atoms with van der Waals surface area (Å²) in [5, 5.41) is 0. The van der Waals surface area contributed by atoms with E-state index in [4.69, 9.17) is 9.47 Å². The number of carbonyl (C=O) groups is 2. The lowest BCUT2D eigenvalue weighted by atomic mass is 10.2. The van der Waals surface area contributed by atoms with Crippen LogP contribution in [0.1, 0.15) is 27.7 Å². The standard InChI is InChI=1S/C10H19NO4/c1-5-11(6-2)10(13)15-7-14-9(12)8(3)4/h8H,5-7H2,1-4H3. The lowest BCUT2D eigenvalue weighted by Crippen LogP contribution is -2.32. The molecule has 0 aliphatic rings. The number of amides is 1. The largest absolute Gasteiger partial charge is 0.428 e. The molecule has 0 saturated carbocycles. The molecule has 0 heterocycles. The normalized spacial score (nSPS) is 9.93. The van der Waals surface area contributed by atoms with Crippen molar-refractivity contribution in [3.05, 3.63) is 0 Å². The fourth-order valence-electron chi connectivity index (χ4n) is 0.878. The lowest BCUT2D eigenvalue weighted by molar-refractivity contribution is -0.156. The Morgan fingerprint density at radius 1 is 1.13 bits per heavy atom. The van der Waals surface area contributed by atoms with Gasteiger partial charge in [0, 0.05) is 13.1 Å². The first-order valence-electron chi connectivity index (χ1n) is 5.11. The first kappa shape index (κ1) is 13.7. The Labute approximate surface area is 90.3 Å². The molecule has 88 valence electrons. The van der Waals surface area contributed by atoms with Gasteiger partial charge >= 0.3 is 12.1 Å². The number of hydrogen-bond acceptors (Lipinski definition) is 4. The summed E-state index contributed by atoms with van der Waals surface area (Å²) < 4.78 is 9.46. The highest BCUT2D eigenvalue weighted by Crippen LogP contribution is 1.98. The lowest BCUT2D eigenvalue weighted by Gasteiger charge is -2.17. The van der Waals surface area contributed by atoms with Gasteiger partial charge in [-0.1, -0.05) is 13.8 Å². The molecule has 5 nitrogen and oxygen atoms in total. The van der Waals surface area contributed by atoms with E-state index < -0.39 is 6.09 Å². The minimum atomic E-state index is -0.462. The second-order valence-electron chi connectivity index (χ2n) is 3.32. The minimum absolute atomic E-state index is 0.211. The van der Waals surface area contributed by atoms with Crippen LogP contribution in [0.5, 0.6) is 0 Å². The summed E-state index contributed by atoms with van der Waals surface area (Å²) in [7, 11) is 0. The van der Waals surface area contributed by atoms with Gasteiger partial charge in [-0.3, -0.25) is 4.79 Å². The number of hydrogen-bond donors (Lipinski definition) is 0. The molecule has 0 fully saturated rings. The van der Waals surface area contributed by atoms with Crippen molar-refractivity contribution in [2.45, 2.75) is 27.7 Å². The van der Waals surface area contributed by atoms with Crippen LogP contribution in [0, 0.1) is 5.92 Å². The van der Waals surface area contributed by atoms with Crippen molar-refractivity contribution in [3.63, 3.8) is 0 Å². The van der Waals surface area contributed by atoms with Crippen molar-refractivity contribution < 1.29 is 19.1 Å². The molecule has 0 atom stereocenters. The van der Waals surface area contributed by atoms with E-state index in [0.717, 1.165) is 0 Å². The summed E-state index contributed by atoms with van der Waals surface area (Å²) in [6.07, 6.45) is -0.462. The van der Waals surface area contributed by atoms with Crippen LogP contribution in [0.15, 0.2) is 0 Å². The molecule has 0 bridgehead atoms. The summed E-state index contributed by atoms with van der Waals surface area (Å²) >= 11 is 0. The Bertz CT molecular complexity index is 211. The molecule has 0 saturated heterocycles. The number of esters is 1. The van der Waals surface area contributed by atoms with Crippen LogP contribution < -0.4 is 0 Å². The molecule has 1 amide bonds. The topological polar surface area (TPSA) is 55.8 Å². The van der Waals surface area contributed by atoms with Crippen LogP contribution in [0.25, 0.3) is 0 Å². The fraction of sp³-hybridized carbons (Fsp3) is 0.800. The molecule has 0 unspecified atom stereocenters. The summed E-state index contributed by atoms with van der Waals surface area (Å²) in [6, 6.07) is 0. The van der Waals surface area contributed by atoms with Gasteiger partial charge in [0.05, 0.1) is 5.92 Å². The zero-order valence-electron chi connectivity index (χ0n) is 9.78. The molecule has 0 spiro atoms. The van der Waals surface area contributed by atoms with Crippen LogP contribution in [0.2, 0.25) is 0 Å². The highest BCUT2D eigenvalue weighted by Gasteiger charge is 2.12.